The summed E-state index contributed by atoms with van der Waals surface area (Å²) in [6.07, 6.45) is 4.56. The molecule has 2 aliphatic heterocycles. The molecule has 1 atom stereocenters. The summed E-state index contributed by atoms with van der Waals surface area (Å²) in [6.45, 7) is 4.39. The Morgan fingerprint density at radius 2 is 2.14 bits per heavy atom. The Morgan fingerprint density at radius 3 is 2.86 bits per heavy atom. The summed E-state index contributed by atoms with van der Waals surface area (Å²) in [5, 5.41) is 3.38. The van der Waals surface area contributed by atoms with Gasteiger partial charge in [-0.05, 0) is 57.1 Å². The van der Waals surface area contributed by atoms with Crippen LogP contribution in [0.25, 0.3) is 0 Å². The maximum atomic E-state index is 13.6. The van der Waals surface area contributed by atoms with Crippen LogP contribution < -0.4 is 14.8 Å². The number of nitrogens with one attached hydrogen (secondary N) is 1. The van der Waals surface area contributed by atoms with Gasteiger partial charge in [-0.2, -0.15) is 0 Å². The van der Waals surface area contributed by atoms with Gasteiger partial charge in [0.1, 0.15) is 6.10 Å². The van der Waals surface area contributed by atoms with Crippen molar-refractivity contribution in [2.75, 3.05) is 20.2 Å². The largest absolute Gasteiger partial charge is 0.493 e. The summed E-state index contributed by atoms with van der Waals surface area (Å²) < 4.78 is 11.4. The van der Waals surface area contributed by atoms with Crippen LogP contribution in [-0.2, 0) is 13.0 Å². The normalized spacial score (nSPS) is 19.0. The molecule has 0 spiro atoms. The minimum absolute atomic E-state index is 0.0261. The SMILES string of the molecule is COc1cc(C(=O)N(Cc2ccccn2)C2CCNCC2)cc2c1OC(C)C2. The summed E-state index contributed by atoms with van der Waals surface area (Å²) in [5.74, 6) is 1.43. The molecule has 0 bridgehead atoms. The van der Waals surface area contributed by atoms with Crippen LogP contribution in [0.1, 0.15) is 41.4 Å². The molecule has 0 aliphatic carbocycles. The van der Waals surface area contributed by atoms with Gasteiger partial charge < -0.3 is 19.7 Å². The van der Waals surface area contributed by atoms with Crippen molar-refractivity contribution in [3.63, 3.8) is 0 Å². The Morgan fingerprint density at radius 1 is 1.32 bits per heavy atom. The van der Waals surface area contributed by atoms with E-state index < -0.39 is 0 Å². The lowest BCUT2D eigenvalue weighted by molar-refractivity contribution is 0.0619. The number of ether oxygens (including phenoxy) is 2. The van der Waals surface area contributed by atoms with Crippen LogP contribution >= 0.6 is 0 Å². The van der Waals surface area contributed by atoms with Crippen LogP contribution in [0.2, 0.25) is 0 Å². The lowest BCUT2D eigenvalue weighted by Gasteiger charge is -2.34. The van der Waals surface area contributed by atoms with Gasteiger partial charge in [0, 0.05) is 29.8 Å². The van der Waals surface area contributed by atoms with E-state index in [-0.39, 0.29) is 18.1 Å². The number of carbonyl (C=O) groups excluding carboxylic acids is 1. The van der Waals surface area contributed by atoms with Gasteiger partial charge in [0.25, 0.3) is 5.91 Å². The molecule has 1 N–H and O–H groups in total. The first-order valence-corrected chi connectivity index (χ1v) is 9.95. The van der Waals surface area contributed by atoms with Crippen LogP contribution in [-0.4, -0.2) is 48.1 Å². The Bertz CT molecular complexity index is 834. The molecule has 148 valence electrons. The number of fused-ring (bicyclic) bond motifs is 1. The van der Waals surface area contributed by atoms with E-state index in [1.807, 2.05) is 42.2 Å². The zero-order valence-electron chi connectivity index (χ0n) is 16.5. The number of hydrogen-bond acceptors (Lipinski definition) is 5. The second kappa shape index (κ2) is 8.19. The van der Waals surface area contributed by atoms with E-state index in [0.29, 0.717) is 17.9 Å². The fourth-order valence-electron chi connectivity index (χ4n) is 4.09. The number of aromatic nitrogens is 1. The number of hydrogen-bond donors (Lipinski definition) is 1. The minimum Gasteiger partial charge on any atom is -0.493 e. The van der Waals surface area contributed by atoms with Crippen molar-refractivity contribution in [1.29, 1.82) is 0 Å². The predicted octanol–water partition coefficient (Wildman–Crippen LogP) is 2.81. The molecule has 3 heterocycles. The quantitative estimate of drug-likeness (QED) is 0.863. The van der Waals surface area contributed by atoms with Crippen molar-refractivity contribution in [2.24, 2.45) is 0 Å². The number of piperidine rings is 1. The molecule has 28 heavy (non-hydrogen) atoms. The lowest BCUT2D eigenvalue weighted by Crippen LogP contribution is -2.45. The van der Waals surface area contributed by atoms with Crippen molar-refractivity contribution in [2.45, 2.75) is 44.9 Å². The molecule has 6 nitrogen and oxygen atoms in total. The van der Waals surface area contributed by atoms with Gasteiger partial charge >= 0.3 is 0 Å². The minimum atomic E-state index is 0.0261. The number of rotatable bonds is 5. The van der Waals surface area contributed by atoms with Gasteiger partial charge in [-0.3, -0.25) is 9.78 Å². The molecule has 2 aliphatic rings. The summed E-state index contributed by atoms with van der Waals surface area (Å²) in [6, 6.07) is 9.81. The fourth-order valence-corrected chi connectivity index (χ4v) is 4.09. The van der Waals surface area contributed by atoms with Gasteiger partial charge in [0.05, 0.1) is 19.3 Å². The molecule has 1 saturated heterocycles. The molecular weight excluding hydrogens is 354 g/mol. The number of benzene rings is 1. The second-order valence-corrected chi connectivity index (χ2v) is 7.53. The topological polar surface area (TPSA) is 63.7 Å². The Balaban J connectivity index is 1.66. The van der Waals surface area contributed by atoms with Gasteiger partial charge in [-0.15, -0.1) is 0 Å². The molecule has 6 heteroatoms. The average molecular weight is 381 g/mol. The molecule has 1 unspecified atom stereocenters. The number of nitrogens with zero attached hydrogens (tertiary/aromatic N) is 2. The molecule has 0 saturated carbocycles. The van der Waals surface area contributed by atoms with E-state index in [4.69, 9.17) is 9.47 Å². The van der Waals surface area contributed by atoms with Gasteiger partial charge in [0.15, 0.2) is 11.5 Å². The third-order valence-electron chi connectivity index (χ3n) is 5.49. The summed E-state index contributed by atoms with van der Waals surface area (Å²) in [4.78, 5) is 20.0. The van der Waals surface area contributed by atoms with E-state index >= 15 is 0 Å². The highest BCUT2D eigenvalue weighted by molar-refractivity contribution is 5.95. The Kier molecular flexibility index (Phi) is 5.48. The number of methoxy groups -OCH3 is 1. The summed E-state index contributed by atoms with van der Waals surface area (Å²) in [5.41, 5.74) is 2.60. The maximum Gasteiger partial charge on any atom is 0.254 e. The van der Waals surface area contributed by atoms with Gasteiger partial charge in [0.2, 0.25) is 0 Å². The highest BCUT2D eigenvalue weighted by Crippen LogP contribution is 2.39. The standard InChI is InChI=1S/C22H27N3O3/c1-15-11-16-12-17(13-20(27-2)21(16)28-15)22(26)25(19-6-9-23-10-7-19)14-18-5-3-4-8-24-18/h3-5,8,12-13,15,19,23H,6-7,9-11,14H2,1-2H3. The third kappa shape index (κ3) is 3.83. The van der Waals surface area contributed by atoms with Crippen LogP contribution in [0.5, 0.6) is 11.5 Å². The molecule has 1 amide bonds. The Hall–Kier alpha value is -2.60. The van der Waals surface area contributed by atoms with E-state index in [0.717, 1.165) is 49.4 Å². The highest BCUT2D eigenvalue weighted by Gasteiger charge is 2.30. The van der Waals surface area contributed by atoms with Crippen molar-refractivity contribution in [3.8, 4) is 11.5 Å². The van der Waals surface area contributed by atoms with Crippen LogP contribution in [0.3, 0.4) is 0 Å². The van der Waals surface area contributed by atoms with E-state index in [1.165, 1.54) is 0 Å². The lowest BCUT2D eigenvalue weighted by atomic mass is 10.0. The molecule has 4 rings (SSSR count). The van der Waals surface area contributed by atoms with Crippen molar-refractivity contribution < 1.29 is 14.3 Å². The average Bonchev–Trinajstić information content (AvgIpc) is 3.12. The zero-order valence-corrected chi connectivity index (χ0v) is 16.5. The summed E-state index contributed by atoms with van der Waals surface area (Å²) >= 11 is 0. The molecule has 1 aromatic carbocycles. The molecule has 1 aromatic heterocycles. The van der Waals surface area contributed by atoms with E-state index in [1.54, 1.807) is 13.3 Å². The first-order valence-electron chi connectivity index (χ1n) is 9.95. The first-order chi connectivity index (χ1) is 13.7. The van der Waals surface area contributed by atoms with Crippen molar-refractivity contribution in [1.82, 2.24) is 15.2 Å². The maximum absolute atomic E-state index is 13.6. The highest BCUT2D eigenvalue weighted by atomic mass is 16.5. The van der Waals surface area contributed by atoms with E-state index in [9.17, 15) is 4.79 Å². The van der Waals surface area contributed by atoms with Gasteiger partial charge in [-0.25, -0.2) is 0 Å². The number of pyridine rings is 1. The predicted molar refractivity (Wildman–Crippen MR) is 107 cm³/mol. The van der Waals surface area contributed by atoms with Crippen molar-refractivity contribution in [3.05, 3.63) is 53.3 Å². The zero-order chi connectivity index (χ0) is 19.5. The third-order valence-corrected chi connectivity index (χ3v) is 5.49. The van der Waals surface area contributed by atoms with Crippen molar-refractivity contribution >= 4 is 5.91 Å². The molecule has 1 fully saturated rings. The van der Waals surface area contributed by atoms with Crippen LogP contribution in [0, 0.1) is 0 Å². The van der Waals surface area contributed by atoms with Crippen LogP contribution in [0.15, 0.2) is 36.5 Å². The Labute approximate surface area is 165 Å². The molecule has 0 radical (unpaired) electrons. The number of carbonyl (C=O) groups is 1. The fraction of sp³-hybridized carbons (Fsp3) is 0.455. The summed E-state index contributed by atoms with van der Waals surface area (Å²) in [7, 11) is 1.62. The van der Waals surface area contributed by atoms with E-state index in [2.05, 4.69) is 10.3 Å². The number of amides is 1. The van der Waals surface area contributed by atoms with Gasteiger partial charge in [-0.1, -0.05) is 6.07 Å². The molecular formula is C22H27N3O3. The smallest absolute Gasteiger partial charge is 0.254 e. The monoisotopic (exact) mass is 381 g/mol. The molecule has 2 aromatic rings. The van der Waals surface area contributed by atoms with Crippen LogP contribution in [0.4, 0.5) is 0 Å². The second-order valence-electron chi connectivity index (χ2n) is 7.53. The first kappa shape index (κ1) is 18.7.